The van der Waals surface area contributed by atoms with Crippen molar-refractivity contribution in [2.24, 2.45) is 0 Å². The molecular formula is C11H14N4O2. The third kappa shape index (κ3) is 2.93. The van der Waals surface area contributed by atoms with Gasteiger partial charge in [-0.15, -0.1) is 0 Å². The Hall–Kier alpha value is -2.11. The lowest BCUT2D eigenvalue weighted by molar-refractivity contribution is 0.396. The summed E-state index contributed by atoms with van der Waals surface area (Å²) in [6.07, 6.45) is 1.68. The van der Waals surface area contributed by atoms with Crippen LogP contribution in [0.5, 0.6) is 5.88 Å². The Morgan fingerprint density at radius 2 is 2.18 bits per heavy atom. The number of nitrogens with one attached hydrogen (secondary N) is 1. The van der Waals surface area contributed by atoms with Gasteiger partial charge in [0, 0.05) is 6.07 Å². The van der Waals surface area contributed by atoms with Crippen LogP contribution in [0.1, 0.15) is 17.5 Å². The molecule has 2 aromatic rings. The van der Waals surface area contributed by atoms with Crippen LogP contribution in [0, 0.1) is 13.8 Å². The van der Waals surface area contributed by atoms with Gasteiger partial charge >= 0.3 is 0 Å². The van der Waals surface area contributed by atoms with E-state index in [2.05, 4.69) is 20.3 Å². The quantitative estimate of drug-likeness (QED) is 0.868. The zero-order chi connectivity index (χ0) is 12.3. The highest BCUT2D eigenvalue weighted by molar-refractivity contribution is 5.38. The summed E-state index contributed by atoms with van der Waals surface area (Å²) in [5.74, 6) is 3.28. The SMILES string of the molecule is COc1cc(NCc2ncc(C)o2)nc(C)n1. The fraction of sp³-hybridized carbons (Fsp3) is 0.364. The van der Waals surface area contributed by atoms with Gasteiger partial charge in [0.2, 0.25) is 11.8 Å². The van der Waals surface area contributed by atoms with Crippen LogP contribution >= 0.6 is 0 Å². The fourth-order valence-electron chi connectivity index (χ4n) is 1.38. The number of rotatable bonds is 4. The first-order valence-electron chi connectivity index (χ1n) is 5.22. The molecule has 6 nitrogen and oxygen atoms in total. The van der Waals surface area contributed by atoms with Gasteiger partial charge in [0.1, 0.15) is 17.4 Å². The lowest BCUT2D eigenvalue weighted by atomic mass is 10.5. The molecule has 0 unspecified atom stereocenters. The zero-order valence-corrected chi connectivity index (χ0v) is 10.0. The Labute approximate surface area is 99.1 Å². The molecule has 2 rings (SSSR count). The van der Waals surface area contributed by atoms with Gasteiger partial charge in [0.15, 0.2) is 0 Å². The highest BCUT2D eigenvalue weighted by Gasteiger charge is 2.04. The van der Waals surface area contributed by atoms with E-state index in [1.807, 2.05) is 13.8 Å². The molecule has 0 atom stereocenters. The molecule has 2 heterocycles. The smallest absolute Gasteiger partial charge is 0.218 e. The van der Waals surface area contributed by atoms with Crippen LogP contribution in [-0.4, -0.2) is 22.1 Å². The average Bonchev–Trinajstić information content (AvgIpc) is 2.72. The highest BCUT2D eigenvalue weighted by Crippen LogP contribution is 2.13. The van der Waals surface area contributed by atoms with Crippen molar-refractivity contribution in [1.29, 1.82) is 0 Å². The van der Waals surface area contributed by atoms with Gasteiger partial charge in [-0.2, -0.15) is 4.98 Å². The van der Waals surface area contributed by atoms with Crippen LogP contribution in [0.25, 0.3) is 0 Å². The van der Waals surface area contributed by atoms with Crippen molar-refractivity contribution in [3.8, 4) is 5.88 Å². The second kappa shape index (κ2) is 4.82. The van der Waals surface area contributed by atoms with Crippen molar-refractivity contribution in [1.82, 2.24) is 15.0 Å². The van der Waals surface area contributed by atoms with Gasteiger partial charge in [0.25, 0.3) is 0 Å². The number of hydrogen-bond donors (Lipinski definition) is 1. The molecule has 0 bridgehead atoms. The van der Waals surface area contributed by atoms with E-state index in [9.17, 15) is 0 Å². The van der Waals surface area contributed by atoms with E-state index in [0.29, 0.717) is 30.0 Å². The van der Waals surface area contributed by atoms with E-state index in [0.717, 1.165) is 5.76 Å². The molecule has 6 heteroatoms. The molecule has 17 heavy (non-hydrogen) atoms. The number of aromatic nitrogens is 3. The van der Waals surface area contributed by atoms with Gasteiger partial charge in [0.05, 0.1) is 19.9 Å². The number of nitrogens with zero attached hydrogens (tertiary/aromatic N) is 3. The Bertz CT molecular complexity index is 510. The van der Waals surface area contributed by atoms with Crippen molar-refractivity contribution in [3.63, 3.8) is 0 Å². The summed E-state index contributed by atoms with van der Waals surface area (Å²) in [5.41, 5.74) is 0. The van der Waals surface area contributed by atoms with Crippen LogP contribution in [0.2, 0.25) is 0 Å². The maximum atomic E-state index is 5.34. The predicted molar refractivity (Wildman–Crippen MR) is 61.9 cm³/mol. The first kappa shape index (κ1) is 11.4. The Kier molecular flexibility index (Phi) is 3.22. The van der Waals surface area contributed by atoms with Crippen molar-refractivity contribution in [2.45, 2.75) is 20.4 Å². The molecule has 0 fully saturated rings. The summed E-state index contributed by atoms with van der Waals surface area (Å²) < 4.78 is 10.4. The number of methoxy groups -OCH3 is 1. The van der Waals surface area contributed by atoms with Crippen LogP contribution in [0.15, 0.2) is 16.7 Å². The minimum atomic E-state index is 0.480. The molecule has 0 saturated carbocycles. The minimum absolute atomic E-state index is 0.480. The van der Waals surface area contributed by atoms with Crippen molar-refractivity contribution in [2.75, 3.05) is 12.4 Å². The standard InChI is InChI=1S/C11H14N4O2/c1-7-5-13-11(17-7)6-12-9-4-10(16-3)15-8(2)14-9/h4-5H,6H2,1-3H3,(H,12,14,15). The Morgan fingerprint density at radius 3 is 2.82 bits per heavy atom. The fourth-order valence-corrected chi connectivity index (χ4v) is 1.38. The Balaban J connectivity index is 2.05. The van der Waals surface area contributed by atoms with E-state index in [1.54, 1.807) is 19.4 Å². The van der Waals surface area contributed by atoms with Crippen LogP contribution in [0.3, 0.4) is 0 Å². The maximum Gasteiger partial charge on any atom is 0.218 e. The summed E-state index contributed by atoms with van der Waals surface area (Å²) in [5, 5.41) is 3.10. The molecule has 0 aliphatic rings. The molecule has 0 aliphatic carbocycles. The van der Waals surface area contributed by atoms with E-state index in [1.165, 1.54) is 0 Å². The first-order valence-corrected chi connectivity index (χ1v) is 5.22. The van der Waals surface area contributed by atoms with Gasteiger partial charge < -0.3 is 14.5 Å². The molecule has 0 spiro atoms. The second-order valence-corrected chi connectivity index (χ2v) is 3.56. The van der Waals surface area contributed by atoms with Crippen molar-refractivity contribution in [3.05, 3.63) is 29.7 Å². The number of aryl methyl sites for hydroxylation is 2. The van der Waals surface area contributed by atoms with Gasteiger partial charge in [-0.25, -0.2) is 9.97 Å². The largest absolute Gasteiger partial charge is 0.481 e. The molecule has 0 aromatic carbocycles. The molecule has 90 valence electrons. The van der Waals surface area contributed by atoms with Crippen LogP contribution < -0.4 is 10.1 Å². The van der Waals surface area contributed by atoms with Gasteiger partial charge in [-0.05, 0) is 13.8 Å². The summed E-state index contributed by atoms with van der Waals surface area (Å²) in [6.45, 7) is 4.14. The number of hydrogen-bond acceptors (Lipinski definition) is 6. The van der Waals surface area contributed by atoms with Crippen molar-refractivity contribution >= 4 is 5.82 Å². The predicted octanol–water partition coefficient (Wildman–Crippen LogP) is 1.70. The monoisotopic (exact) mass is 234 g/mol. The molecule has 0 amide bonds. The van der Waals surface area contributed by atoms with Crippen LogP contribution in [-0.2, 0) is 6.54 Å². The highest BCUT2D eigenvalue weighted by atomic mass is 16.5. The minimum Gasteiger partial charge on any atom is -0.481 e. The molecule has 0 saturated heterocycles. The second-order valence-electron chi connectivity index (χ2n) is 3.56. The summed E-state index contributed by atoms with van der Waals surface area (Å²) in [6, 6.07) is 1.72. The number of ether oxygens (including phenoxy) is 1. The Morgan fingerprint density at radius 1 is 1.35 bits per heavy atom. The molecule has 0 radical (unpaired) electrons. The van der Waals surface area contributed by atoms with E-state index in [-0.39, 0.29) is 0 Å². The summed E-state index contributed by atoms with van der Waals surface area (Å²) >= 11 is 0. The van der Waals surface area contributed by atoms with Gasteiger partial charge in [-0.1, -0.05) is 0 Å². The van der Waals surface area contributed by atoms with Gasteiger partial charge in [-0.3, -0.25) is 0 Å². The number of oxazole rings is 1. The number of anilines is 1. The van der Waals surface area contributed by atoms with E-state index >= 15 is 0 Å². The summed E-state index contributed by atoms with van der Waals surface area (Å²) in [7, 11) is 1.57. The van der Waals surface area contributed by atoms with Crippen LogP contribution in [0.4, 0.5) is 5.82 Å². The normalized spacial score (nSPS) is 10.3. The average molecular weight is 234 g/mol. The van der Waals surface area contributed by atoms with E-state index < -0.39 is 0 Å². The first-order chi connectivity index (χ1) is 8.17. The third-order valence-corrected chi connectivity index (χ3v) is 2.11. The maximum absolute atomic E-state index is 5.34. The van der Waals surface area contributed by atoms with Crippen molar-refractivity contribution < 1.29 is 9.15 Å². The third-order valence-electron chi connectivity index (χ3n) is 2.11. The topological polar surface area (TPSA) is 73.1 Å². The lowest BCUT2D eigenvalue weighted by Crippen LogP contribution is -2.04. The zero-order valence-electron chi connectivity index (χ0n) is 10.0. The molecule has 0 aliphatic heterocycles. The molecule has 2 aromatic heterocycles. The van der Waals surface area contributed by atoms with E-state index in [4.69, 9.17) is 9.15 Å². The molecular weight excluding hydrogens is 220 g/mol. The lowest BCUT2D eigenvalue weighted by Gasteiger charge is -2.05. The summed E-state index contributed by atoms with van der Waals surface area (Å²) in [4.78, 5) is 12.4. The molecule has 1 N–H and O–H groups in total.